The third-order valence-electron chi connectivity index (χ3n) is 2.46. The number of thiazole rings is 1. The Hall–Kier alpha value is -2.08. The maximum atomic E-state index is 5.17. The number of rotatable bonds is 3. The summed E-state index contributed by atoms with van der Waals surface area (Å²) in [5.41, 5.74) is 0.905. The first kappa shape index (κ1) is 11.0. The molecule has 0 aliphatic carbocycles. The summed E-state index contributed by atoms with van der Waals surface area (Å²) in [6.45, 7) is 1.85. The van der Waals surface area contributed by atoms with Crippen LogP contribution < -0.4 is 10.1 Å². The third-order valence-corrected chi connectivity index (χ3v) is 3.41. The van der Waals surface area contributed by atoms with E-state index < -0.39 is 0 Å². The van der Waals surface area contributed by atoms with Gasteiger partial charge in [0.05, 0.1) is 17.3 Å². The van der Waals surface area contributed by atoms with E-state index in [0.29, 0.717) is 5.82 Å². The van der Waals surface area contributed by atoms with Gasteiger partial charge in [0, 0.05) is 12.1 Å². The summed E-state index contributed by atoms with van der Waals surface area (Å²) < 4.78 is 11.3. The second kappa shape index (κ2) is 4.30. The molecule has 3 rings (SSSR count). The number of benzene rings is 1. The highest BCUT2D eigenvalue weighted by Gasteiger charge is 2.07. The monoisotopic (exact) mass is 261 g/mol. The lowest BCUT2D eigenvalue weighted by Crippen LogP contribution is -1.88. The molecule has 0 saturated heterocycles. The first-order valence-corrected chi connectivity index (χ1v) is 6.21. The fourth-order valence-electron chi connectivity index (χ4n) is 1.62. The van der Waals surface area contributed by atoms with E-state index in [9.17, 15) is 0 Å². The number of anilines is 2. The number of fused-ring (bicyclic) bond motifs is 1. The average Bonchev–Trinajstić information content (AvgIpc) is 2.94. The topological polar surface area (TPSA) is 60.2 Å². The molecule has 0 radical (unpaired) electrons. The summed E-state index contributed by atoms with van der Waals surface area (Å²) >= 11 is 1.56. The minimum Gasteiger partial charge on any atom is -0.497 e. The van der Waals surface area contributed by atoms with E-state index in [2.05, 4.69) is 15.5 Å². The highest BCUT2D eigenvalue weighted by Crippen LogP contribution is 2.30. The molecular weight excluding hydrogens is 250 g/mol. The van der Waals surface area contributed by atoms with Crippen LogP contribution in [0, 0.1) is 6.92 Å². The molecular formula is C12H11N3O2S. The molecule has 0 spiro atoms. The van der Waals surface area contributed by atoms with Crippen molar-refractivity contribution in [1.82, 2.24) is 10.1 Å². The minimum atomic E-state index is 0.665. The molecule has 18 heavy (non-hydrogen) atoms. The van der Waals surface area contributed by atoms with Crippen LogP contribution in [0.4, 0.5) is 10.9 Å². The predicted octanol–water partition coefficient (Wildman–Crippen LogP) is 3.34. The van der Waals surface area contributed by atoms with E-state index in [1.807, 2.05) is 31.2 Å². The van der Waals surface area contributed by atoms with Crippen LogP contribution in [0.2, 0.25) is 0 Å². The maximum absolute atomic E-state index is 5.17. The van der Waals surface area contributed by atoms with Crippen LogP contribution in [0.25, 0.3) is 10.2 Å². The lowest BCUT2D eigenvalue weighted by Gasteiger charge is -1.96. The summed E-state index contributed by atoms with van der Waals surface area (Å²) in [4.78, 5) is 4.47. The van der Waals surface area contributed by atoms with Crippen LogP contribution >= 0.6 is 11.3 Å². The Balaban J connectivity index is 1.93. The van der Waals surface area contributed by atoms with Crippen molar-refractivity contribution in [2.24, 2.45) is 0 Å². The molecule has 0 aliphatic rings. The summed E-state index contributed by atoms with van der Waals surface area (Å²) in [6, 6.07) is 7.65. The van der Waals surface area contributed by atoms with Crippen LogP contribution in [0.1, 0.15) is 5.76 Å². The van der Waals surface area contributed by atoms with Crippen molar-refractivity contribution in [3.8, 4) is 5.75 Å². The zero-order chi connectivity index (χ0) is 12.5. The van der Waals surface area contributed by atoms with Crippen molar-refractivity contribution >= 4 is 32.5 Å². The van der Waals surface area contributed by atoms with Crippen molar-refractivity contribution in [2.75, 3.05) is 12.4 Å². The summed E-state index contributed by atoms with van der Waals surface area (Å²) in [5.74, 6) is 2.23. The molecule has 0 amide bonds. The quantitative estimate of drug-likeness (QED) is 0.783. The standard InChI is InChI=1S/C12H11N3O2S/c1-7-5-11(15-17-7)14-12-13-9-6-8(16-2)3-4-10(9)18-12/h3-6H,1-2H3,(H,13,14,15). The molecule has 0 atom stereocenters. The van der Waals surface area contributed by atoms with Crippen molar-refractivity contribution in [2.45, 2.75) is 6.92 Å². The number of hydrogen-bond donors (Lipinski definition) is 1. The minimum absolute atomic E-state index is 0.665. The number of hydrogen-bond acceptors (Lipinski definition) is 6. The van der Waals surface area contributed by atoms with E-state index >= 15 is 0 Å². The molecule has 2 heterocycles. The molecule has 0 aliphatic heterocycles. The SMILES string of the molecule is COc1ccc2sc(Nc3cc(C)on3)nc2c1. The van der Waals surface area contributed by atoms with Gasteiger partial charge >= 0.3 is 0 Å². The highest BCUT2D eigenvalue weighted by atomic mass is 32.1. The van der Waals surface area contributed by atoms with Gasteiger partial charge in [-0.25, -0.2) is 4.98 Å². The second-order valence-electron chi connectivity index (χ2n) is 3.80. The van der Waals surface area contributed by atoms with Gasteiger partial charge in [-0.15, -0.1) is 0 Å². The van der Waals surface area contributed by atoms with E-state index in [1.54, 1.807) is 18.4 Å². The number of aromatic nitrogens is 2. The normalized spacial score (nSPS) is 10.8. The van der Waals surface area contributed by atoms with Crippen LogP contribution in [-0.4, -0.2) is 17.3 Å². The Kier molecular flexibility index (Phi) is 2.64. The van der Waals surface area contributed by atoms with Gasteiger partial charge in [-0.3, -0.25) is 0 Å². The molecule has 0 fully saturated rings. The van der Waals surface area contributed by atoms with Gasteiger partial charge in [-0.2, -0.15) is 0 Å². The van der Waals surface area contributed by atoms with Crippen LogP contribution in [0.15, 0.2) is 28.8 Å². The Morgan fingerprint density at radius 3 is 2.94 bits per heavy atom. The summed E-state index contributed by atoms with van der Waals surface area (Å²) in [5, 5.41) is 7.77. The van der Waals surface area contributed by atoms with Gasteiger partial charge in [-0.1, -0.05) is 16.5 Å². The Morgan fingerprint density at radius 2 is 2.22 bits per heavy atom. The van der Waals surface area contributed by atoms with Gasteiger partial charge < -0.3 is 14.6 Å². The summed E-state index contributed by atoms with van der Waals surface area (Å²) in [6.07, 6.45) is 0. The Morgan fingerprint density at radius 1 is 1.33 bits per heavy atom. The fourth-order valence-corrected chi connectivity index (χ4v) is 2.48. The molecule has 0 saturated carbocycles. The molecule has 6 heteroatoms. The van der Waals surface area contributed by atoms with Crippen molar-refractivity contribution in [1.29, 1.82) is 0 Å². The largest absolute Gasteiger partial charge is 0.497 e. The van der Waals surface area contributed by atoms with Crippen LogP contribution in [-0.2, 0) is 0 Å². The first-order valence-electron chi connectivity index (χ1n) is 5.39. The predicted molar refractivity (Wildman–Crippen MR) is 70.7 cm³/mol. The van der Waals surface area contributed by atoms with Crippen molar-refractivity contribution in [3.63, 3.8) is 0 Å². The van der Waals surface area contributed by atoms with Crippen molar-refractivity contribution < 1.29 is 9.26 Å². The maximum Gasteiger partial charge on any atom is 0.189 e. The second-order valence-corrected chi connectivity index (χ2v) is 4.83. The average molecular weight is 261 g/mol. The lowest BCUT2D eigenvalue weighted by atomic mass is 10.3. The molecule has 3 aromatic rings. The number of nitrogens with zero attached hydrogens (tertiary/aromatic N) is 2. The molecule has 0 bridgehead atoms. The number of methoxy groups -OCH3 is 1. The van der Waals surface area contributed by atoms with Crippen molar-refractivity contribution in [3.05, 3.63) is 30.0 Å². The van der Waals surface area contributed by atoms with E-state index in [-0.39, 0.29) is 0 Å². The fraction of sp³-hybridized carbons (Fsp3) is 0.167. The molecule has 1 aromatic carbocycles. The number of ether oxygens (including phenoxy) is 1. The van der Waals surface area contributed by atoms with E-state index in [4.69, 9.17) is 9.26 Å². The molecule has 2 aromatic heterocycles. The lowest BCUT2D eigenvalue weighted by molar-refractivity contribution is 0.400. The third kappa shape index (κ3) is 2.02. The van der Waals surface area contributed by atoms with Gasteiger partial charge in [0.1, 0.15) is 11.5 Å². The van der Waals surface area contributed by atoms with Gasteiger partial charge in [0.15, 0.2) is 10.9 Å². The first-order chi connectivity index (χ1) is 8.74. The van der Waals surface area contributed by atoms with E-state index in [0.717, 1.165) is 26.9 Å². The van der Waals surface area contributed by atoms with Crippen LogP contribution in [0.5, 0.6) is 5.75 Å². The smallest absolute Gasteiger partial charge is 0.189 e. The van der Waals surface area contributed by atoms with Gasteiger partial charge in [-0.05, 0) is 19.1 Å². The molecule has 5 nitrogen and oxygen atoms in total. The Labute approximate surface area is 107 Å². The number of aryl methyl sites for hydroxylation is 1. The van der Waals surface area contributed by atoms with Gasteiger partial charge in [0.2, 0.25) is 0 Å². The molecule has 0 unspecified atom stereocenters. The van der Waals surface area contributed by atoms with Gasteiger partial charge in [0.25, 0.3) is 0 Å². The Bertz CT molecular complexity index is 690. The zero-order valence-corrected chi connectivity index (χ0v) is 10.7. The van der Waals surface area contributed by atoms with E-state index in [1.165, 1.54) is 0 Å². The molecule has 92 valence electrons. The molecule has 1 N–H and O–H groups in total. The van der Waals surface area contributed by atoms with Crippen LogP contribution in [0.3, 0.4) is 0 Å². The highest BCUT2D eigenvalue weighted by molar-refractivity contribution is 7.22. The zero-order valence-electron chi connectivity index (χ0n) is 9.93. The summed E-state index contributed by atoms with van der Waals surface area (Å²) in [7, 11) is 1.64. The number of nitrogens with one attached hydrogen (secondary N) is 1.